The maximum atomic E-state index is 13.0. The van der Waals surface area contributed by atoms with Gasteiger partial charge >= 0.3 is 0 Å². The van der Waals surface area contributed by atoms with Crippen molar-refractivity contribution < 1.29 is 19.1 Å². The molecule has 0 aliphatic rings. The summed E-state index contributed by atoms with van der Waals surface area (Å²) in [6.07, 6.45) is 0.747. The van der Waals surface area contributed by atoms with Crippen molar-refractivity contribution in [1.82, 2.24) is 10.6 Å². The van der Waals surface area contributed by atoms with Gasteiger partial charge in [0.25, 0.3) is 5.91 Å². The van der Waals surface area contributed by atoms with Crippen molar-refractivity contribution in [2.75, 3.05) is 33.9 Å². The summed E-state index contributed by atoms with van der Waals surface area (Å²) in [5.74, 6) is 0.406. The number of hydrogen-bond acceptors (Lipinski definition) is 4. The third-order valence-corrected chi connectivity index (χ3v) is 5.63. The number of carbonyl (C=O) groups is 2. The molecule has 0 bridgehead atoms. The van der Waals surface area contributed by atoms with E-state index in [1.807, 2.05) is 58.0 Å². The predicted octanol–water partition coefficient (Wildman–Crippen LogP) is 4.20. The molecule has 0 aliphatic carbocycles. The van der Waals surface area contributed by atoms with Crippen LogP contribution in [0.15, 0.2) is 47.5 Å². The predicted molar refractivity (Wildman–Crippen MR) is 128 cm³/mol. The Kier molecular flexibility index (Phi) is 9.47. The van der Waals surface area contributed by atoms with E-state index in [0.29, 0.717) is 24.4 Å². The maximum absolute atomic E-state index is 13.0. The van der Waals surface area contributed by atoms with Crippen LogP contribution in [0.3, 0.4) is 0 Å². The van der Waals surface area contributed by atoms with E-state index in [1.165, 1.54) is 0 Å². The molecule has 0 unspecified atom stereocenters. The largest absolute Gasteiger partial charge is 0.491 e. The lowest BCUT2D eigenvalue weighted by Gasteiger charge is -2.15. The van der Waals surface area contributed by atoms with Crippen molar-refractivity contribution >= 4 is 11.8 Å². The molecule has 0 heterocycles. The number of carbonyl (C=O) groups excluding carboxylic acids is 2. The molecule has 0 saturated heterocycles. The molecule has 2 aromatic carbocycles. The van der Waals surface area contributed by atoms with Gasteiger partial charge in [-0.1, -0.05) is 30.7 Å². The third kappa shape index (κ3) is 6.44. The van der Waals surface area contributed by atoms with Crippen LogP contribution in [0.1, 0.15) is 41.8 Å². The molecule has 0 atom stereocenters. The number of methoxy groups -OCH3 is 1. The Hall–Kier alpha value is -3.12. The lowest BCUT2D eigenvalue weighted by atomic mass is 9.95. The van der Waals surface area contributed by atoms with Crippen LogP contribution < -0.4 is 15.4 Å². The van der Waals surface area contributed by atoms with Crippen LogP contribution in [0.25, 0.3) is 11.1 Å². The SMILES string of the molecule is CC/C(C)=C(/CNC(=O)c1cc(-c2ccc(OCCOC)cc2)cc(C)c1C)C(=O)NC. The van der Waals surface area contributed by atoms with Gasteiger partial charge in [0.1, 0.15) is 12.4 Å². The van der Waals surface area contributed by atoms with Gasteiger partial charge < -0.3 is 20.1 Å². The molecule has 2 N–H and O–H groups in total. The first-order valence-electron chi connectivity index (χ1n) is 10.8. The minimum atomic E-state index is -0.197. The van der Waals surface area contributed by atoms with E-state index in [1.54, 1.807) is 14.2 Å². The Labute approximate surface area is 191 Å². The van der Waals surface area contributed by atoms with Gasteiger partial charge in [0, 0.05) is 31.8 Å². The zero-order valence-corrected chi connectivity index (χ0v) is 19.9. The first-order valence-corrected chi connectivity index (χ1v) is 10.8. The Balaban J connectivity index is 2.24. The number of benzene rings is 2. The summed E-state index contributed by atoms with van der Waals surface area (Å²) in [4.78, 5) is 25.2. The normalized spacial score (nSPS) is 11.6. The Bertz CT molecular complexity index is 978. The van der Waals surface area contributed by atoms with Crippen LogP contribution in [-0.2, 0) is 9.53 Å². The molecular formula is C26H34N2O4. The molecule has 0 aliphatic heterocycles. The minimum absolute atomic E-state index is 0.167. The summed E-state index contributed by atoms with van der Waals surface area (Å²) in [7, 11) is 3.23. The molecule has 0 spiro atoms. The molecule has 2 aromatic rings. The zero-order valence-electron chi connectivity index (χ0n) is 19.9. The van der Waals surface area contributed by atoms with Crippen LogP contribution in [0.4, 0.5) is 0 Å². The lowest BCUT2D eigenvalue weighted by molar-refractivity contribution is -0.117. The van der Waals surface area contributed by atoms with Gasteiger partial charge in [0.2, 0.25) is 5.91 Å². The van der Waals surface area contributed by atoms with Crippen molar-refractivity contribution in [2.24, 2.45) is 0 Å². The van der Waals surface area contributed by atoms with Crippen LogP contribution in [-0.4, -0.2) is 45.7 Å². The highest BCUT2D eigenvalue weighted by molar-refractivity contribution is 5.99. The molecule has 0 saturated carbocycles. The quantitative estimate of drug-likeness (QED) is 0.431. The standard InChI is InChI=1S/C26H34N2O4/c1-7-17(2)24(25(29)27-5)16-28-26(30)23-15-21(14-18(3)19(23)4)20-8-10-22(11-9-20)32-13-12-31-6/h8-11,14-15H,7,12-13,16H2,1-6H3,(H,27,29)(H,28,30)/b24-17-. The van der Waals surface area contributed by atoms with E-state index in [-0.39, 0.29) is 18.4 Å². The number of hydrogen-bond donors (Lipinski definition) is 2. The second-order valence-corrected chi connectivity index (χ2v) is 7.71. The highest BCUT2D eigenvalue weighted by Crippen LogP contribution is 2.27. The molecule has 0 radical (unpaired) electrons. The number of likely N-dealkylation sites (N-methyl/N-ethyl adjacent to an activating group) is 1. The summed E-state index contributed by atoms with van der Waals surface area (Å²) in [6, 6.07) is 11.7. The monoisotopic (exact) mass is 438 g/mol. The summed E-state index contributed by atoms with van der Waals surface area (Å²) in [6.45, 7) is 9.05. The fourth-order valence-electron chi connectivity index (χ4n) is 3.30. The second-order valence-electron chi connectivity index (χ2n) is 7.71. The molecular weight excluding hydrogens is 404 g/mol. The average Bonchev–Trinajstić information content (AvgIpc) is 2.80. The first kappa shape index (κ1) is 25.1. The smallest absolute Gasteiger partial charge is 0.251 e. The van der Waals surface area contributed by atoms with Gasteiger partial charge in [-0.2, -0.15) is 0 Å². The fraction of sp³-hybridized carbons (Fsp3) is 0.385. The van der Waals surface area contributed by atoms with Crippen molar-refractivity contribution in [3.8, 4) is 16.9 Å². The van der Waals surface area contributed by atoms with Gasteiger partial charge in [0.15, 0.2) is 0 Å². The summed E-state index contributed by atoms with van der Waals surface area (Å²) in [5, 5.41) is 5.57. The molecule has 2 amide bonds. The zero-order chi connectivity index (χ0) is 23.7. The molecule has 32 heavy (non-hydrogen) atoms. The van der Waals surface area contributed by atoms with Crippen molar-refractivity contribution in [2.45, 2.75) is 34.1 Å². The van der Waals surface area contributed by atoms with Gasteiger partial charge in [-0.05, 0) is 67.6 Å². The number of nitrogens with one attached hydrogen (secondary N) is 2. The number of ether oxygens (including phenoxy) is 2. The molecule has 172 valence electrons. The highest BCUT2D eigenvalue weighted by atomic mass is 16.5. The highest BCUT2D eigenvalue weighted by Gasteiger charge is 2.16. The number of allylic oxidation sites excluding steroid dienone is 1. The topological polar surface area (TPSA) is 76.7 Å². The summed E-state index contributed by atoms with van der Waals surface area (Å²) < 4.78 is 10.6. The Morgan fingerprint density at radius 3 is 2.28 bits per heavy atom. The second kappa shape index (κ2) is 12.1. The first-order chi connectivity index (χ1) is 15.3. The van der Waals surface area contributed by atoms with E-state index in [2.05, 4.69) is 16.7 Å². The molecule has 0 aromatic heterocycles. The van der Waals surface area contributed by atoms with Crippen LogP contribution >= 0.6 is 0 Å². The number of rotatable bonds is 10. The van der Waals surface area contributed by atoms with Gasteiger partial charge in [0.05, 0.1) is 6.61 Å². The van der Waals surface area contributed by atoms with Gasteiger partial charge in [-0.3, -0.25) is 9.59 Å². The fourth-order valence-corrected chi connectivity index (χ4v) is 3.30. The van der Waals surface area contributed by atoms with Crippen molar-refractivity contribution in [1.29, 1.82) is 0 Å². The Morgan fingerprint density at radius 1 is 1.00 bits per heavy atom. The average molecular weight is 439 g/mol. The summed E-state index contributed by atoms with van der Waals surface area (Å²) >= 11 is 0. The van der Waals surface area contributed by atoms with E-state index >= 15 is 0 Å². The third-order valence-electron chi connectivity index (χ3n) is 5.63. The van der Waals surface area contributed by atoms with Gasteiger partial charge in [-0.15, -0.1) is 0 Å². The van der Waals surface area contributed by atoms with Gasteiger partial charge in [-0.25, -0.2) is 0 Å². The lowest BCUT2D eigenvalue weighted by Crippen LogP contribution is -2.32. The van der Waals surface area contributed by atoms with Crippen molar-refractivity contribution in [3.05, 3.63) is 64.2 Å². The molecule has 6 heteroatoms. The number of aryl methyl sites for hydroxylation is 1. The van der Waals surface area contributed by atoms with Crippen LogP contribution in [0.2, 0.25) is 0 Å². The van der Waals surface area contributed by atoms with Crippen LogP contribution in [0.5, 0.6) is 5.75 Å². The van der Waals surface area contributed by atoms with E-state index < -0.39 is 0 Å². The van der Waals surface area contributed by atoms with Crippen molar-refractivity contribution in [3.63, 3.8) is 0 Å². The maximum Gasteiger partial charge on any atom is 0.251 e. The number of amides is 2. The molecule has 0 fully saturated rings. The van der Waals surface area contributed by atoms with Crippen LogP contribution in [0, 0.1) is 13.8 Å². The molecule has 2 rings (SSSR count). The Morgan fingerprint density at radius 2 is 1.69 bits per heavy atom. The van der Waals surface area contributed by atoms with E-state index in [4.69, 9.17) is 9.47 Å². The van der Waals surface area contributed by atoms with E-state index in [9.17, 15) is 9.59 Å². The molecule has 6 nitrogen and oxygen atoms in total. The van der Waals surface area contributed by atoms with E-state index in [0.717, 1.165) is 40.0 Å². The summed E-state index contributed by atoms with van der Waals surface area (Å²) in [5.41, 5.74) is 6.05. The minimum Gasteiger partial charge on any atom is -0.491 e.